The summed E-state index contributed by atoms with van der Waals surface area (Å²) in [6, 6.07) is 5.75. The van der Waals surface area contributed by atoms with E-state index in [1.165, 1.54) is 0 Å². The van der Waals surface area contributed by atoms with Gasteiger partial charge in [-0.25, -0.2) is 0 Å². The van der Waals surface area contributed by atoms with E-state index in [1.54, 1.807) is 6.92 Å². The molecule has 0 aliphatic heterocycles. The van der Waals surface area contributed by atoms with Crippen LogP contribution in [-0.4, -0.2) is 24.2 Å². The van der Waals surface area contributed by atoms with Gasteiger partial charge in [0.15, 0.2) is 0 Å². The molecule has 0 spiro atoms. The summed E-state index contributed by atoms with van der Waals surface area (Å²) < 4.78 is 0. The van der Waals surface area contributed by atoms with Gasteiger partial charge in [0.2, 0.25) is 0 Å². The normalized spacial score (nSPS) is 12.2. The number of nitrogens with zero attached hydrogens (tertiary/aromatic N) is 1. The molecule has 0 bridgehead atoms. The van der Waals surface area contributed by atoms with E-state index in [9.17, 15) is 4.79 Å². The summed E-state index contributed by atoms with van der Waals surface area (Å²) in [6.45, 7) is 7.11. The molecular weight excluding hydrogens is 250 g/mol. The van der Waals surface area contributed by atoms with E-state index in [0.29, 0.717) is 6.54 Å². The van der Waals surface area contributed by atoms with Crippen molar-refractivity contribution in [3.63, 3.8) is 0 Å². The van der Waals surface area contributed by atoms with E-state index in [4.69, 9.17) is 16.7 Å². The maximum Gasteiger partial charge on any atom is 0.308 e. The first kappa shape index (κ1) is 14.8. The Morgan fingerprint density at radius 1 is 1.50 bits per heavy atom. The standard InChI is InChI=1S/C14H20ClNO2/c1-4-8-16(9-10(2)14(17)18)13-7-5-6-12(15)11(13)3/h5-7,10H,4,8-9H2,1-3H3,(H,17,18). The minimum absolute atomic E-state index is 0.394. The number of aliphatic carboxylic acids is 1. The molecule has 1 N–H and O–H groups in total. The van der Waals surface area contributed by atoms with Crippen LogP contribution in [-0.2, 0) is 4.79 Å². The molecule has 1 aromatic carbocycles. The van der Waals surface area contributed by atoms with Gasteiger partial charge in [-0.3, -0.25) is 4.79 Å². The van der Waals surface area contributed by atoms with E-state index in [0.717, 1.165) is 29.2 Å². The van der Waals surface area contributed by atoms with Crippen LogP contribution in [0.1, 0.15) is 25.8 Å². The van der Waals surface area contributed by atoms with Gasteiger partial charge in [0.25, 0.3) is 0 Å². The summed E-state index contributed by atoms with van der Waals surface area (Å²) in [6.07, 6.45) is 0.971. The summed E-state index contributed by atoms with van der Waals surface area (Å²) in [5.74, 6) is -1.16. The summed E-state index contributed by atoms with van der Waals surface area (Å²) in [7, 11) is 0. The Labute approximate surface area is 113 Å². The summed E-state index contributed by atoms with van der Waals surface area (Å²) >= 11 is 6.11. The van der Waals surface area contributed by atoms with Crippen molar-refractivity contribution in [2.45, 2.75) is 27.2 Å². The van der Waals surface area contributed by atoms with E-state index in [-0.39, 0.29) is 0 Å². The molecule has 18 heavy (non-hydrogen) atoms. The van der Waals surface area contributed by atoms with Crippen LogP contribution < -0.4 is 4.90 Å². The molecule has 1 unspecified atom stereocenters. The summed E-state index contributed by atoms with van der Waals surface area (Å²) in [5.41, 5.74) is 2.03. The molecule has 1 aromatic rings. The first-order chi connectivity index (χ1) is 8.47. The highest BCUT2D eigenvalue weighted by atomic mass is 35.5. The van der Waals surface area contributed by atoms with Gasteiger partial charge >= 0.3 is 5.97 Å². The Kier molecular flexibility index (Phi) is 5.48. The molecule has 0 amide bonds. The maximum atomic E-state index is 11.0. The van der Waals surface area contributed by atoms with Gasteiger partial charge < -0.3 is 10.0 Å². The summed E-state index contributed by atoms with van der Waals surface area (Å²) in [5, 5.41) is 9.74. The monoisotopic (exact) mass is 269 g/mol. The third-order valence-electron chi connectivity index (χ3n) is 2.99. The Morgan fingerprint density at radius 2 is 2.17 bits per heavy atom. The van der Waals surface area contributed by atoms with Crippen LogP contribution in [0, 0.1) is 12.8 Å². The minimum atomic E-state index is -0.768. The molecule has 0 aromatic heterocycles. The second kappa shape index (κ2) is 6.64. The van der Waals surface area contributed by atoms with Crippen LogP contribution in [0.15, 0.2) is 18.2 Å². The average molecular weight is 270 g/mol. The zero-order valence-corrected chi connectivity index (χ0v) is 11.9. The molecule has 3 nitrogen and oxygen atoms in total. The topological polar surface area (TPSA) is 40.5 Å². The van der Waals surface area contributed by atoms with Crippen molar-refractivity contribution in [2.24, 2.45) is 5.92 Å². The van der Waals surface area contributed by atoms with E-state index >= 15 is 0 Å². The van der Waals surface area contributed by atoms with Crippen molar-refractivity contribution in [2.75, 3.05) is 18.0 Å². The number of carbonyl (C=O) groups is 1. The van der Waals surface area contributed by atoms with Crippen LogP contribution in [0.25, 0.3) is 0 Å². The van der Waals surface area contributed by atoms with Crippen molar-refractivity contribution < 1.29 is 9.90 Å². The lowest BCUT2D eigenvalue weighted by Gasteiger charge is -2.28. The molecule has 100 valence electrons. The number of rotatable bonds is 6. The Bertz CT molecular complexity index is 420. The highest BCUT2D eigenvalue weighted by Crippen LogP contribution is 2.27. The van der Waals surface area contributed by atoms with Crippen LogP contribution in [0.5, 0.6) is 0 Å². The van der Waals surface area contributed by atoms with Gasteiger partial charge in [0.05, 0.1) is 5.92 Å². The lowest BCUT2D eigenvalue weighted by Crippen LogP contribution is -2.33. The molecule has 4 heteroatoms. The van der Waals surface area contributed by atoms with Gasteiger partial charge in [-0.2, -0.15) is 0 Å². The minimum Gasteiger partial charge on any atom is -0.481 e. The number of anilines is 1. The number of carboxylic acid groups (broad SMARTS) is 1. The number of carboxylic acids is 1. The van der Waals surface area contributed by atoms with Crippen LogP contribution in [0.2, 0.25) is 5.02 Å². The first-order valence-corrected chi connectivity index (χ1v) is 6.58. The van der Waals surface area contributed by atoms with Crippen LogP contribution >= 0.6 is 11.6 Å². The van der Waals surface area contributed by atoms with Gasteiger partial charge in [-0.1, -0.05) is 31.5 Å². The summed E-state index contributed by atoms with van der Waals surface area (Å²) in [4.78, 5) is 13.1. The molecular formula is C14H20ClNO2. The predicted octanol–water partition coefficient (Wildman–Crippen LogP) is 3.59. The van der Waals surface area contributed by atoms with E-state index < -0.39 is 11.9 Å². The fourth-order valence-electron chi connectivity index (χ4n) is 1.93. The fraction of sp³-hybridized carbons (Fsp3) is 0.500. The SMILES string of the molecule is CCCN(CC(C)C(=O)O)c1cccc(Cl)c1C. The second-order valence-corrected chi connectivity index (χ2v) is 4.98. The highest BCUT2D eigenvalue weighted by molar-refractivity contribution is 6.31. The lowest BCUT2D eigenvalue weighted by atomic mass is 10.1. The fourth-order valence-corrected chi connectivity index (χ4v) is 2.10. The first-order valence-electron chi connectivity index (χ1n) is 6.20. The molecule has 0 aliphatic carbocycles. The van der Waals surface area contributed by atoms with Gasteiger partial charge in [0.1, 0.15) is 0 Å². The number of hydrogen-bond donors (Lipinski definition) is 1. The van der Waals surface area contributed by atoms with Crippen molar-refractivity contribution >= 4 is 23.3 Å². The number of benzene rings is 1. The third-order valence-corrected chi connectivity index (χ3v) is 3.40. The molecule has 0 saturated carbocycles. The maximum absolute atomic E-state index is 11.0. The lowest BCUT2D eigenvalue weighted by molar-refractivity contribution is -0.140. The quantitative estimate of drug-likeness (QED) is 0.858. The third kappa shape index (κ3) is 3.64. The van der Waals surface area contributed by atoms with E-state index in [2.05, 4.69) is 11.8 Å². The molecule has 0 radical (unpaired) electrons. The van der Waals surface area contributed by atoms with Crippen molar-refractivity contribution in [1.82, 2.24) is 0 Å². The highest BCUT2D eigenvalue weighted by Gasteiger charge is 2.17. The Balaban J connectivity index is 2.97. The zero-order chi connectivity index (χ0) is 13.7. The number of halogens is 1. The largest absolute Gasteiger partial charge is 0.481 e. The molecule has 1 atom stereocenters. The Hall–Kier alpha value is -1.22. The van der Waals surface area contributed by atoms with Gasteiger partial charge in [-0.15, -0.1) is 0 Å². The molecule has 0 heterocycles. The van der Waals surface area contributed by atoms with Crippen molar-refractivity contribution in [3.8, 4) is 0 Å². The second-order valence-electron chi connectivity index (χ2n) is 4.57. The Morgan fingerprint density at radius 3 is 2.72 bits per heavy atom. The molecule has 0 fully saturated rings. The van der Waals surface area contributed by atoms with Crippen LogP contribution in [0.3, 0.4) is 0 Å². The van der Waals surface area contributed by atoms with Gasteiger partial charge in [-0.05, 0) is 31.0 Å². The van der Waals surface area contributed by atoms with E-state index in [1.807, 2.05) is 25.1 Å². The number of hydrogen-bond acceptors (Lipinski definition) is 2. The smallest absolute Gasteiger partial charge is 0.308 e. The van der Waals surface area contributed by atoms with Crippen molar-refractivity contribution in [1.29, 1.82) is 0 Å². The van der Waals surface area contributed by atoms with Gasteiger partial charge in [0, 0.05) is 23.8 Å². The van der Waals surface area contributed by atoms with Crippen molar-refractivity contribution in [3.05, 3.63) is 28.8 Å². The molecule has 0 saturated heterocycles. The zero-order valence-electron chi connectivity index (χ0n) is 11.1. The molecule has 1 rings (SSSR count). The predicted molar refractivity (Wildman–Crippen MR) is 75.5 cm³/mol. The average Bonchev–Trinajstić information content (AvgIpc) is 2.32. The van der Waals surface area contributed by atoms with Crippen LogP contribution in [0.4, 0.5) is 5.69 Å². The molecule has 0 aliphatic rings.